The summed E-state index contributed by atoms with van der Waals surface area (Å²) in [6.45, 7) is 0.360. The molecular weight excluding hydrogens is 350 g/mol. The van der Waals surface area contributed by atoms with Crippen LogP contribution >= 0.6 is 0 Å². The van der Waals surface area contributed by atoms with Crippen molar-refractivity contribution in [3.05, 3.63) is 99.2 Å². The van der Waals surface area contributed by atoms with Crippen LogP contribution in [0.4, 0.5) is 0 Å². The van der Waals surface area contributed by atoms with Gasteiger partial charge < -0.3 is 4.57 Å². The van der Waals surface area contributed by atoms with E-state index in [1.165, 1.54) is 10.9 Å². The first-order chi connectivity index (χ1) is 13.6. The van der Waals surface area contributed by atoms with Gasteiger partial charge in [0.05, 0.1) is 12.1 Å². The Hall–Kier alpha value is -3.73. The zero-order valence-electron chi connectivity index (χ0n) is 15.3. The highest BCUT2D eigenvalue weighted by Crippen LogP contribution is 2.19. The summed E-state index contributed by atoms with van der Waals surface area (Å²) in [7, 11) is 1.82. The molecule has 0 spiro atoms. The lowest BCUT2D eigenvalue weighted by Crippen LogP contribution is -2.27. The average Bonchev–Trinajstić information content (AvgIpc) is 2.73. The van der Waals surface area contributed by atoms with Gasteiger partial charge >= 0.3 is 0 Å². The van der Waals surface area contributed by atoms with Crippen molar-refractivity contribution in [2.24, 2.45) is 7.05 Å². The molecule has 0 aliphatic heterocycles. The van der Waals surface area contributed by atoms with Crippen molar-refractivity contribution in [3.63, 3.8) is 0 Å². The molecule has 0 aliphatic carbocycles. The number of pyridine rings is 1. The molecule has 28 heavy (non-hydrogen) atoms. The van der Waals surface area contributed by atoms with Crippen LogP contribution in [0.5, 0.6) is 0 Å². The second-order valence-electron chi connectivity index (χ2n) is 6.92. The number of fused-ring (bicyclic) bond motifs is 3. The van der Waals surface area contributed by atoms with Crippen molar-refractivity contribution in [2.75, 3.05) is 0 Å². The third-order valence-corrected chi connectivity index (χ3v) is 5.29. The molecule has 0 bridgehead atoms. The molecule has 0 N–H and O–H groups in total. The fourth-order valence-corrected chi connectivity index (χ4v) is 3.87. The number of rotatable bonds is 2. The zero-order valence-corrected chi connectivity index (χ0v) is 15.3. The molecule has 5 rings (SSSR count). The maximum absolute atomic E-state index is 13.2. The number of benzene rings is 3. The molecule has 0 aliphatic rings. The predicted octanol–water partition coefficient (Wildman–Crippen LogP) is 3.45. The van der Waals surface area contributed by atoms with Gasteiger partial charge in [-0.1, -0.05) is 54.6 Å². The van der Waals surface area contributed by atoms with Crippen LogP contribution in [0, 0.1) is 0 Å². The lowest BCUT2D eigenvalue weighted by molar-refractivity contribution is 0.747. The second-order valence-corrected chi connectivity index (χ2v) is 6.92. The summed E-state index contributed by atoms with van der Waals surface area (Å²) in [5, 5.41) is 2.86. The summed E-state index contributed by atoms with van der Waals surface area (Å²) in [4.78, 5) is 30.7. The largest absolute Gasteiger partial charge is 0.328 e. The van der Waals surface area contributed by atoms with Gasteiger partial charge in [0.2, 0.25) is 5.43 Å². The van der Waals surface area contributed by atoms with Gasteiger partial charge in [-0.15, -0.1) is 0 Å². The van der Waals surface area contributed by atoms with E-state index in [1.54, 1.807) is 16.7 Å². The number of para-hydroxylation sites is 1. The number of nitrogens with zero attached hydrogens (tertiary/aromatic N) is 3. The van der Waals surface area contributed by atoms with Crippen molar-refractivity contribution in [3.8, 4) is 0 Å². The molecule has 0 saturated carbocycles. The normalized spacial score (nSPS) is 11.5. The summed E-state index contributed by atoms with van der Waals surface area (Å²) >= 11 is 0. The first-order valence-corrected chi connectivity index (χ1v) is 9.08. The summed E-state index contributed by atoms with van der Waals surface area (Å²) in [6.07, 6.45) is 1.53. The summed E-state index contributed by atoms with van der Waals surface area (Å²) in [5.41, 5.74) is 1.60. The quantitative estimate of drug-likeness (QED) is 0.449. The standard InChI is InChI=1S/C23H17N3O2/c1-25-19-12-5-4-11-18(19)21(27)20-22(25)24-14-26(23(20)28)13-16-9-6-8-15-7-2-3-10-17(15)16/h2-12,14H,13H2,1H3. The number of hydrogen-bond acceptors (Lipinski definition) is 3. The van der Waals surface area contributed by atoms with Gasteiger partial charge in [0.25, 0.3) is 5.56 Å². The third kappa shape index (κ3) is 2.36. The van der Waals surface area contributed by atoms with Crippen molar-refractivity contribution < 1.29 is 0 Å². The van der Waals surface area contributed by atoms with Gasteiger partial charge in [-0.2, -0.15) is 0 Å². The molecule has 0 saturated heterocycles. The molecule has 5 heteroatoms. The molecule has 5 aromatic rings. The SMILES string of the molecule is Cn1c2ccccc2c(=O)c2c(=O)n(Cc3cccc4ccccc34)cnc21. The molecule has 136 valence electrons. The highest BCUT2D eigenvalue weighted by atomic mass is 16.1. The Morgan fingerprint density at radius 1 is 0.857 bits per heavy atom. The minimum atomic E-state index is -0.315. The maximum atomic E-state index is 13.2. The van der Waals surface area contributed by atoms with E-state index in [4.69, 9.17) is 0 Å². The smallest absolute Gasteiger partial charge is 0.267 e. The van der Waals surface area contributed by atoms with Gasteiger partial charge in [-0.3, -0.25) is 14.2 Å². The lowest BCUT2D eigenvalue weighted by Gasteiger charge is -2.12. The van der Waals surface area contributed by atoms with E-state index >= 15 is 0 Å². The molecule has 3 aromatic carbocycles. The van der Waals surface area contributed by atoms with Gasteiger partial charge in [0, 0.05) is 12.4 Å². The van der Waals surface area contributed by atoms with Crippen molar-refractivity contribution >= 4 is 32.7 Å². The maximum Gasteiger partial charge on any atom is 0.267 e. The van der Waals surface area contributed by atoms with E-state index in [9.17, 15) is 9.59 Å². The minimum absolute atomic E-state index is 0.129. The van der Waals surface area contributed by atoms with E-state index in [0.29, 0.717) is 17.6 Å². The van der Waals surface area contributed by atoms with E-state index in [-0.39, 0.29) is 16.4 Å². The van der Waals surface area contributed by atoms with Gasteiger partial charge in [0.1, 0.15) is 11.7 Å². The van der Waals surface area contributed by atoms with Crippen LogP contribution in [0.25, 0.3) is 32.7 Å². The van der Waals surface area contributed by atoms with Crippen molar-refractivity contribution in [1.29, 1.82) is 0 Å². The van der Waals surface area contributed by atoms with E-state index in [0.717, 1.165) is 21.9 Å². The molecule has 2 heterocycles. The van der Waals surface area contributed by atoms with Gasteiger partial charge in [-0.25, -0.2) is 4.98 Å². The molecule has 2 aromatic heterocycles. The predicted molar refractivity (Wildman–Crippen MR) is 112 cm³/mol. The Balaban J connectivity index is 1.77. The minimum Gasteiger partial charge on any atom is -0.328 e. The Morgan fingerprint density at radius 2 is 1.57 bits per heavy atom. The van der Waals surface area contributed by atoms with Crippen molar-refractivity contribution in [1.82, 2.24) is 14.1 Å². The van der Waals surface area contributed by atoms with Crippen LogP contribution in [0.15, 0.2) is 82.6 Å². The van der Waals surface area contributed by atoms with Crippen molar-refractivity contribution in [2.45, 2.75) is 6.54 Å². The van der Waals surface area contributed by atoms with E-state index in [1.807, 2.05) is 61.6 Å². The van der Waals surface area contributed by atoms with Crippen LogP contribution in [0.1, 0.15) is 5.56 Å². The van der Waals surface area contributed by atoms with Gasteiger partial charge in [0.15, 0.2) is 5.65 Å². The fourth-order valence-electron chi connectivity index (χ4n) is 3.87. The van der Waals surface area contributed by atoms with Crippen LogP contribution in [0.3, 0.4) is 0 Å². The summed E-state index contributed by atoms with van der Waals surface area (Å²) in [5.74, 6) is 0. The zero-order chi connectivity index (χ0) is 19.3. The average molecular weight is 367 g/mol. The van der Waals surface area contributed by atoms with Crippen LogP contribution < -0.4 is 11.0 Å². The number of hydrogen-bond donors (Lipinski definition) is 0. The highest BCUT2D eigenvalue weighted by Gasteiger charge is 2.15. The first kappa shape index (κ1) is 16.4. The van der Waals surface area contributed by atoms with Crippen LogP contribution in [-0.2, 0) is 13.6 Å². The molecule has 0 unspecified atom stereocenters. The van der Waals surface area contributed by atoms with E-state index in [2.05, 4.69) is 4.98 Å². The lowest BCUT2D eigenvalue weighted by atomic mass is 10.0. The second kappa shape index (κ2) is 6.16. The summed E-state index contributed by atoms with van der Waals surface area (Å²) < 4.78 is 3.32. The third-order valence-electron chi connectivity index (χ3n) is 5.29. The topological polar surface area (TPSA) is 56.9 Å². The highest BCUT2D eigenvalue weighted by molar-refractivity contribution is 5.91. The fraction of sp³-hybridized carbons (Fsp3) is 0.0870. The number of aromatic nitrogens is 3. The monoisotopic (exact) mass is 367 g/mol. The Kier molecular flexibility index (Phi) is 3.62. The van der Waals surface area contributed by atoms with Gasteiger partial charge in [-0.05, 0) is 28.5 Å². The molecule has 0 amide bonds. The Morgan fingerprint density at radius 3 is 2.43 bits per heavy atom. The molecule has 5 nitrogen and oxygen atoms in total. The van der Waals surface area contributed by atoms with E-state index < -0.39 is 0 Å². The summed E-state index contributed by atoms with van der Waals surface area (Å²) in [6, 6.07) is 21.4. The molecule has 0 radical (unpaired) electrons. The Bertz CT molecular complexity index is 1490. The molecule has 0 atom stereocenters. The van der Waals surface area contributed by atoms with Crippen LogP contribution in [-0.4, -0.2) is 14.1 Å². The van der Waals surface area contributed by atoms with Crippen LogP contribution in [0.2, 0.25) is 0 Å². The molecular formula is C23H17N3O2. The number of aryl methyl sites for hydroxylation is 1. The Labute approximate surface area is 160 Å². The molecule has 0 fully saturated rings. The first-order valence-electron chi connectivity index (χ1n) is 9.08.